The van der Waals surface area contributed by atoms with Crippen molar-refractivity contribution in [2.75, 3.05) is 13.7 Å². The second-order valence-electron chi connectivity index (χ2n) is 5.87. The number of nitrogens with zero attached hydrogens (tertiary/aromatic N) is 1. The predicted octanol–water partition coefficient (Wildman–Crippen LogP) is 4.53. The third-order valence-electron chi connectivity index (χ3n) is 3.63. The summed E-state index contributed by atoms with van der Waals surface area (Å²) in [6.45, 7) is 2.04. The van der Waals surface area contributed by atoms with E-state index in [1.165, 1.54) is 13.2 Å². The number of carbonyl (C=O) groups is 1. The standard InChI is InChI=1S/C18H17F3N2O4S/c1-11(10-27-2)22-17(24)13-5-3-4-6-15(13)28-16-8-7-12(18(19,20)21)9-14(16)23(25)26/h3-9,11H,10H2,1-2H3,(H,22,24)/t11-/m1/s1. The number of carbonyl (C=O) groups excluding carboxylic acids is 1. The highest BCUT2D eigenvalue weighted by Crippen LogP contribution is 2.40. The van der Waals surface area contributed by atoms with Crippen molar-refractivity contribution in [2.45, 2.75) is 28.9 Å². The van der Waals surface area contributed by atoms with Crippen LogP contribution in [0.2, 0.25) is 0 Å². The van der Waals surface area contributed by atoms with Gasteiger partial charge in [-0.1, -0.05) is 23.9 Å². The topological polar surface area (TPSA) is 81.5 Å². The fraction of sp³-hybridized carbons (Fsp3) is 0.278. The fourth-order valence-corrected chi connectivity index (χ4v) is 3.41. The molecule has 0 aliphatic rings. The Morgan fingerprint density at radius 2 is 1.93 bits per heavy atom. The first-order valence-corrected chi connectivity index (χ1v) is 8.87. The van der Waals surface area contributed by atoms with E-state index in [1.54, 1.807) is 25.1 Å². The Morgan fingerprint density at radius 1 is 1.25 bits per heavy atom. The van der Waals surface area contributed by atoms with Crippen LogP contribution in [0.4, 0.5) is 18.9 Å². The minimum atomic E-state index is -4.69. The molecule has 0 unspecified atom stereocenters. The monoisotopic (exact) mass is 414 g/mol. The third kappa shape index (κ3) is 5.46. The predicted molar refractivity (Wildman–Crippen MR) is 97.5 cm³/mol. The maximum atomic E-state index is 12.9. The van der Waals surface area contributed by atoms with Crippen molar-refractivity contribution in [3.05, 3.63) is 63.7 Å². The number of nitro benzene ring substituents is 1. The lowest BCUT2D eigenvalue weighted by Gasteiger charge is -2.15. The van der Waals surface area contributed by atoms with Crippen molar-refractivity contribution in [2.24, 2.45) is 0 Å². The van der Waals surface area contributed by atoms with Gasteiger partial charge < -0.3 is 10.1 Å². The molecule has 2 aromatic carbocycles. The van der Waals surface area contributed by atoms with Gasteiger partial charge in [-0.25, -0.2) is 0 Å². The zero-order valence-corrected chi connectivity index (χ0v) is 15.8. The Labute approximate surface area is 163 Å². The minimum Gasteiger partial charge on any atom is -0.383 e. The van der Waals surface area contributed by atoms with E-state index in [-0.39, 0.29) is 16.5 Å². The summed E-state index contributed by atoms with van der Waals surface area (Å²) in [4.78, 5) is 23.3. The number of rotatable bonds is 7. The molecule has 1 amide bonds. The molecule has 0 aromatic heterocycles. The maximum Gasteiger partial charge on any atom is 0.416 e. The highest BCUT2D eigenvalue weighted by molar-refractivity contribution is 7.99. The van der Waals surface area contributed by atoms with Crippen LogP contribution in [0.25, 0.3) is 0 Å². The second kappa shape index (κ2) is 9.07. The number of nitrogens with one attached hydrogen (secondary N) is 1. The number of hydrogen-bond acceptors (Lipinski definition) is 5. The molecule has 150 valence electrons. The smallest absolute Gasteiger partial charge is 0.383 e. The lowest BCUT2D eigenvalue weighted by molar-refractivity contribution is -0.388. The highest BCUT2D eigenvalue weighted by atomic mass is 32.2. The lowest BCUT2D eigenvalue weighted by atomic mass is 10.2. The Balaban J connectivity index is 2.36. The molecule has 0 aliphatic carbocycles. The number of amides is 1. The third-order valence-corrected chi connectivity index (χ3v) is 4.77. The second-order valence-corrected chi connectivity index (χ2v) is 6.95. The molecule has 2 rings (SSSR count). The van der Waals surface area contributed by atoms with Crippen LogP contribution in [0, 0.1) is 10.1 Å². The van der Waals surface area contributed by atoms with Gasteiger partial charge in [0.1, 0.15) is 0 Å². The average Bonchev–Trinajstić information content (AvgIpc) is 2.61. The van der Waals surface area contributed by atoms with Crippen LogP contribution in [0.1, 0.15) is 22.8 Å². The number of halogens is 3. The van der Waals surface area contributed by atoms with Gasteiger partial charge in [0, 0.05) is 24.1 Å². The number of alkyl halides is 3. The van der Waals surface area contributed by atoms with Gasteiger partial charge in [0.2, 0.25) is 0 Å². The number of nitro groups is 1. The average molecular weight is 414 g/mol. The number of hydrogen-bond donors (Lipinski definition) is 1. The van der Waals surface area contributed by atoms with Gasteiger partial charge in [-0.05, 0) is 31.2 Å². The van der Waals surface area contributed by atoms with Crippen LogP contribution in [0.5, 0.6) is 0 Å². The van der Waals surface area contributed by atoms with Gasteiger partial charge in [-0.3, -0.25) is 14.9 Å². The minimum absolute atomic E-state index is 0.00295. The first kappa shape index (κ1) is 21.7. The highest BCUT2D eigenvalue weighted by Gasteiger charge is 2.33. The van der Waals surface area contributed by atoms with Crippen LogP contribution in [0.15, 0.2) is 52.3 Å². The quantitative estimate of drug-likeness (QED) is 0.532. The van der Waals surface area contributed by atoms with Gasteiger partial charge in [-0.15, -0.1) is 0 Å². The molecule has 10 heteroatoms. The molecule has 1 N–H and O–H groups in total. The molecule has 0 heterocycles. The molecular formula is C18H17F3N2O4S. The molecule has 28 heavy (non-hydrogen) atoms. The van der Waals surface area contributed by atoms with E-state index < -0.39 is 28.3 Å². The van der Waals surface area contributed by atoms with Crippen molar-refractivity contribution < 1.29 is 27.6 Å². The molecular weight excluding hydrogens is 397 g/mol. The zero-order chi connectivity index (χ0) is 20.9. The summed E-state index contributed by atoms with van der Waals surface area (Å²) in [6, 6.07) is 8.40. The summed E-state index contributed by atoms with van der Waals surface area (Å²) >= 11 is 0.856. The van der Waals surface area contributed by atoms with E-state index >= 15 is 0 Å². The molecule has 1 atom stereocenters. The van der Waals surface area contributed by atoms with Crippen molar-refractivity contribution in [3.8, 4) is 0 Å². The van der Waals surface area contributed by atoms with Gasteiger partial charge >= 0.3 is 6.18 Å². The fourth-order valence-electron chi connectivity index (χ4n) is 2.38. The summed E-state index contributed by atoms with van der Waals surface area (Å²) in [6.07, 6.45) is -4.69. The van der Waals surface area contributed by atoms with Crippen LogP contribution in [0.3, 0.4) is 0 Å². The Morgan fingerprint density at radius 3 is 2.54 bits per heavy atom. The van der Waals surface area contributed by atoms with Crippen molar-refractivity contribution in [1.82, 2.24) is 5.32 Å². The van der Waals surface area contributed by atoms with E-state index in [0.29, 0.717) is 17.6 Å². The van der Waals surface area contributed by atoms with Crippen molar-refractivity contribution in [1.29, 1.82) is 0 Å². The van der Waals surface area contributed by atoms with Crippen LogP contribution in [-0.2, 0) is 10.9 Å². The number of ether oxygens (including phenoxy) is 1. The molecule has 0 saturated carbocycles. The Kier molecular flexibility index (Phi) is 7.03. The summed E-state index contributed by atoms with van der Waals surface area (Å²) in [5.41, 5.74) is -1.53. The van der Waals surface area contributed by atoms with Gasteiger partial charge in [-0.2, -0.15) is 13.2 Å². The summed E-state index contributed by atoms with van der Waals surface area (Å²) in [7, 11) is 1.50. The van der Waals surface area contributed by atoms with E-state index in [1.807, 2.05) is 0 Å². The van der Waals surface area contributed by atoms with Crippen LogP contribution in [-0.4, -0.2) is 30.6 Å². The molecule has 0 saturated heterocycles. The molecule has 0 fully saturated rings. The zero-order valence-electron chi connectivity index (χ0n) is 14.9. The van der Waals surface area contributed by atoms with E-state index in [4.69, 9.17) is 4.74 Å². The molecule has 0 bridgehead atoms. The Bertz CT molecular complexity index is 874. The van der Waals surface area contributed by atoms with Crippen LogP contribution >= 0.6 is 11.8 Å². The van der Waals surface area contributed by atoms with Gasteiger partial charge in [0.15, 0.2) is 0 Å². The van der Waals surface area contributed by atoms with Crippen molar-refractivity contribution >= 4 is 23.4 Å². The largest absolute Gasteiger partial charge is 0.416 e. The number of benzene rings is 2. The molecule has 2 aromatic rings. The Hall–Kier alpha value is -2.59. The molecule has 0 aliphatic heterocycles. The first-order valence-electron chi connectivity index (χ1n) is 8.05. The van der Waals surface area contributed by atoms with E-state index in [9.17, 15) is 28.1 Å². The van der Waals surface area contributed by atoms with Crippen LogP contribution < -0.4 is 5.32 Å². The summed E-state index contributed by atoms with van der Waals surface area (Å²) in [5.74, 6) is -0.415. The normalized spacial score (nSPS) is 12.5. The molecule has 6 nitrogen and oxygen atoms in total. The van der Waals surface area contributed by atoms with Gasteiger partial charge in [0.05, 0.1) is 27.6 Å². The SMILES string of the molecule is COC[C@@H](C)NC(=O)c1ccccc1Sc1ccc(C(F)(F)F)cc1[N+](=O)[O-]. The van der Waals surface area contributed by atoms with Gasteiger partial charge in [0.25, 0.3) is 11.6 Å². The molecule has 0 radical (unpaired) electrons. The first-order chi connectivity index (χ1) is 13.1. The van der Waals surface area contributed by atoms with Crippen molar-refractivity contribution in [3.63, 3.8) is 0 Å². The van der Waals surface area contributed by atoms with E-state index in [2.05, 4.69) is 5.32 Å². The molecule has 0 spiro atoms. The van der Waals surface area contributed by atoms with E-state index in [0.717, 1.165) is 23.9 Å². The summed E-state index contributed by atoms with van der Waals surface area (Å²) in [5, 5.41) is 14.0. The maximum absolute atomic E-state index is 12.9. The summed E-state index contributed by atoms with van der Waals surface area (Å²) < 4.78 is 43.5. The lowest BCUT2D eigenvalue weighted by Crippen LogP contribution is -2.35. The number of methoxy groups -OCH3 is 1.